The Kier molecular flexibility index (Phi) is 4.59. The lowest BCUT2D eigenvalue weighted by Gasteiger charge is -2.02. The Hall–Kier alpha value is -1.21. The first-order chi connectivity index (χ1) is 9.40. The van der Waals surface area contributed by atoms with E-state index in [1.165, 1.54) is 4.88 Å². The number of carbonyl (C=O) groups is 1. The van der Waals surface area contributed by atoms with Crippen molar-refractivity contribution in [1.29, 1.82) is 0 Å². The number of nitrogens with zero attached hydrogens (tertiary/aromatic N) is 2. The first kappa shape index (κ1) is 15.2. The Balaban J connectivity index is 2.05. The standard InChI is InChI=1S/C13H17BrN4OS/c1-6(2)11-10(14)12(18-17-11)13(19)15-5-9-16-7(3)8(4)20-9/h6H,5H2,1-4H3,(H,15,19)(H,17,18). The van der Waals surface area contributed by atoms with Crippen LogP contribution in [0.4, 0.5) is 0 Å². The van der Waals surface area contributed by atoms with Crippen LogP contribution in [0, 0.1) is 13.8 Å². The molecule has 0 atom stereocenters. The molecule has 2 heterocycles. The highest BCUT2D eigenvalue weighted by Gasteiger charge is 2.19. The number of carbonyl (C=O) groups excluding carboxylic acids is 1. The number of hydrogen-bond acceptors (Lipinski definition) is 4. The summed E-state index contributed by atoms with van der Waals surface area (Å²) in [6, 6.07) is 0. The second-order valence-corrected chi connectivity index (χ2v) is 6.97. The van der Waals surface area contributed by atoms with E-state index in [9.17, 15) is 4.79 Å². The summed E-state index contributed by atoms with van der Waals surface area (Å²) >= 11 is 5.03. The van der Waals surface area contributed by atoms with Crippen LogP contribution >= 0.6 is 27.3 Å². The molecule has 0 bridgehead atoms. The fraction of sp³-hybridized carbons (Fsp3) is 0.462. The molecule has 0 aliphatic heterocycles. The van der Waals surface area contributed by atoms with Crippen molar-refractivity contribution in [3.8, 4) is 0 Å². The maximum Gasteiger partial charge on any atom is 0.273 e. The number of amides is 1. The molecule has 2 rings (SSSR count). The van der Waals surface area contributed by atoms with E-state index in [0.29, 0.717) is 12.2 Å². The molecular formula is C13H17BrN4OS. The molecule has 0 aliphatic carbocycles. The molecule has 0 spiro atoms. The van der Waals surface area contributed by atoms with Crippen LogP contribution in [0.15, 0.2) is 4.47 Å². The summed E-state index contributed by atoms with van der Waals surface area (Å²) in [5.41, 5.74) is 2.33. The molecule has 5 nitrogen and oxygen atoms in total. The molecule has 2 aromatic rings. The first-order valence-corrected chi connectivity index (χ1v) is 7.96. The molecule has 108 valence electrons. The van der Waals surface area contributed by atoms with Gasteiger partial charge in [-0.05, 0) is 35.7 Å². The van der Waals surface area contributed by atoms with E-state index in [2.05, 4.69) is 36.4 Å². The molecule has 0 fully saturated rings. The maximum atomic E-state index is 12.1. The van der Waals surface area contributed by atoms with Gasteiger partial charge in [-0.1, -0.05) is 13.8 Å². The van der Waals surface area contributed by atoms with Crippen molar-refractivity contribution in [2.24, 2.45) is 0 Å². The molecule has 0 saturated carbocycles. The second-order valence-electron chi connectivity index (χ2n) is 4.89. The van der Waals surface area contributed by atoms with Gasteiger partial charge in [-0.25, -0.2) is 4.98 Å². The van der Waals surface area contributed by atoms with Gasteiger partial charge in [0.1, 0.15) is 5.01 Å². The van der Waals surface area contributed by atoms with Gasteiger partial charge in [-0.3, -0.25) is 9.89 Å². The number of rotatable bonds is 4. The fourth-order valence-corrected chi connectivity index (χ4v) is 3.42. The smallest absolute Gasteiger partial charge is 0.273 e. The number of halogens is 1. The van der Waals surface area contributed by atoms with Gasteiger partial charge in [-0.15, -0.1) is 11.3 Å². The first-order valence-electron chi connectivity index (χ1n) is 6.35. The van der Waals surface area contributed by atoms with Gasteiger partial charge in [0.2, 0.25) is 0 Å². The molecule has 0 radical (unpaired) electrons. The van der Waals surface area contributed by atoms with Crippen molar-refractivity contribution in [2.75, 3.05) is 0 Å². The fourth-order valence-electron chi connectivity index (χ4n) is 1.73. The molecular weight excluding hydrogens is 340 g/mol. The van der Waals surface area contributed by atoms with Crippen molar-refractivity contribution in [3.63, 3.8) is 0 Å². The third-order valence-corrected chi connectivity index (χ3v) is 4.87. The van der Waals surface area contributed by atoms with Crippen LogP contribution < -0.4 is 5.32 Å². The number of thiazole rings is 1. The molecule has 0 unspecified atom stereocenters. The van der Waals surface area contributed by atoms with Crippen molar-refractivity contribution >= 4 is 33.2 Å². The maximum absolute atomic E-state index is 12.1. The van der Waals surface area contributed by atoms with Crippen molar-refractivity contribution in [3.05, 3.63) is 31.4 Å². The van der Waals surface area contributed by atoms with Gasteiger partial charge in [0.25, 0.3) is 5.91 Å². The summed E-state index contributed by atoms with van der Waals surface area (Å²) in [6.07, 6.45) is 0. The zero-order valence-electron chi connectivity index (χ0n) is 11.9. The van der Waals surface area contributed by atoms with Gasteiger partial charge in [0.15, 0.2) is 5.69 Å². The molecule has 7 heteroatoms. The molecule has 2 N–H and O–H groups in total. The van der Waals surface area contributed by atoms with Gasteiger partial charge in [0, 0.05) is 4.88 Å². The molecule has 2 aromatic heterocycles. The molecule has 0 saturated heterocycles. The highest BCUT2D eigenvalue weighted by molar-refractivity contribution is 9.10. The van der Waals surface area contributed by atoms with Crippen molar-refractivity contribution in [2.45, 2.75) is 40.2 Å². The Morgan fingerprint density at radius 2 is 2.15 bits per heavy atom. The van der Waals surface area contributed by atoms with E-state index < -0.39 is 0 Å². The minimum Gasteiger partial charge on any atom is -0.344 e. The molecule has 0 aliphatic rings. The lowest BCUT2D eigenvalue weighted by atomic mass is 10.1. The monoisotopic (exact) mass is 356 g/mol. The zero-order valence-corrected chi connectivity index (χ0v) is 14.3. The van der Waals surface area contributed by atoms with Crippen LogP contribution in [0.2, 0.25) is 0 Å². The predicted molar refractivity (Wildman–Crippen MR) is 83.1 cm³/mol. The number of nitrogens with one attached hydrogen (secondary N) is 2. The summed E-state index contributed by atoms with van der Waals surface area (Å²) in [4.78, 5) is 17.7. The van der Waals surface area contributed by atoms with E-state index in [1.54, 1.807) is 11.3 Å². The average Bonchev–Trinajstić information content (AvgIpc) is 2.90. The quantitative estimate of drug-likeness (QED) is 0.882. The largest absolute Gasteiger partial charge is 0.344 e. The van der Waals surface area contributed by atoms with Crippen LogP contribution in [-0.4, -0.2) is 21.1 Å². The lowest BCUT2D eigenvalue weighted by Crippen LogP contribution is -2.23. The average molecular weight is 357 g/mol. The molecule has 1 amide bonds. The minimum atomic E-state index is -0.203. The van der Waals surface area contributed by atoms with Crippen molar-refractivity contribution < 1.29 is 4.79 Å². The van der Waals surface area contributed by atoms with Crippen LogP contribution in [-0.2, 0) is 6.54 Å². The summed E-state index contributed by atoms with van der Waals surface area (Å²) in [5, 5.41) is 10.7. The molecule has 0 aromatic carbocycles. The van der Waals surface area contributed by atoms with Crippen LogP contribution in [0.3, 0.4) is 0 Å². The van der Waals surface area contributed by atoms with Crippen LogP contribution in [0.5, 0.6) is 0 Å². The van der Waals surface area contributed by atoms with Crippen molar-refractivity contribution in [1.82, 2.24) is 20.5 Å². The zero-order chi connectivity index (χ0) is 14.9. The highest BCUT2D eigenvalue weighted by Crippen LogP contribution is 2.25. The van der Waals surface area contributed by atoms with Crippen LogP contribution in [0.25, 0.3) is 0 Å². The SMILES string of the molecule is Cc1nc(CNC(=O)c2n[nH]c(C(C)C)c2Br)sc1C. The summed E-state index contributed by atoms with van der Waals surface area (Å²) in [6.45, 7) is 8.50. The normalized spacial score (nSPS) is 11.1. The van der Waals surface area contributed by atoms with Gasteiger partial charge in [-0.2, -0.15) is 5.10 Å². The van der Waals surface area contributed by atoms with E-state index in [-0.39, 0.29) is 11.8 Å². The van der Waals surface area contributed by atoms with Gasteiger partial charge in [0.05, 0.1) is 22.4 Å². The Morgan fingerprint density at radius 3 is 2.65 bits per heavy atom. The van der Waals surface area contributed by atoms with E-state index in [1.807, 2.05) is 27.7 Å². The summed E-state index contributed by atoms with van der Waals surface area (Å²) < 4.78 is 0.733. The highest BCUT2D eigenvalue weighted by atomic mass is 79.9. The summed E-state index contributed by atoms with van der Waals surface area (Å²) in [5.74, 6) is 0.0771. The predicted octanol–water partition coefficient (Wildman–Crippen LogP) is 3.30. The van der Waals surface area contributed by atoms with Gasteiger partial charge >= 0.3 is 0 Å². The lowest BCUT2D eigenvalue weighted by molar-refractivity contribution is 0.0945. The number of aryl methyl sites for hydroxylation is 2. The Bertz CT molecular complexity index is 613. The van der Waals surface area contributed by atoms with Crippen LogP contribution in [0.1, 0.15) is 51.5 Å². The Morgan fingerprint density at radius 1 is 1.45 bits per heavy atom. The number of aromatic amines is 1. The van der Waals surface area contributed by atoms with E-state index in [4.69, 9.17) is 0 Å². The second kappa shape index (κ2) is 6.05. The number of H-pyrrole nitrogens is 1. The van der Waals surface area contributed by atoms with Gasteiger partial charge < -0.3 is 5.32 Å². The summed E-state index contributed by atoms with van der Waals surface area (Å²) in [7, 11) is 0. The Labute approximate surface area is 130 Å². The molecule has 20 heavy (non-hydrogen) atoms. The van der Waals surface area contributed by atoms with E-state index in [0.717, 1.165) is 20.9 Å². The third-order valence-electron chi connectivity index (χ3n) is 3.00. The topological polar surface area (TPSA) is 70.7 Å². The minimum absolute atomic E-state index is 0.203. The van der Waals surface area contributed by atoms with E-state index >= 15 is 0 Å². The number of aromatic nitrogens is 3. The number of hydrogen-bond donors (Lipinski definition) is 2. The third kappa shape index (κ3) is 3.09.